The fraction of sp³-hybridized carbons (Fsp3) is 0.0588. The summed E-state index contributed by atoms with van der Waals surface area (Å²) in [7, 11) is 0. The van der Waals surface area contributed by atoms with E-state index in [1.165, 1.54) is 5.56 Å². The van der Waals surface area contributed by atoms with Gasteiger partial charge in [-0.25, -0.2) is 4.98 Å². The van der Waals surface area contributed by atoms with E-state index in [2.05, 4.69) is 29.0 Å². The highest BCUT2D eigenvalue weighted by Gasteiger charge is 2.12. The van der Waals surface area contributed by atoms with E-state index in [0.717, 1.165) is 27.5 Å². The van der Waals surface area contributed by atoms with Gasteiger partial charge in [-0.1, -0.05) is 18.2 Å². The van der Waals surface area contributed by atoms with Crippen LogP contribution in [0.2, 0.25) is 0 Å². The number of fused-ring (bicyclic) bond motifs is 2. The van der Waals surface area contributed by atoms with E-state index in [-0.39, 0.29) is 0 Å². The molecule has 4 heteroatoms. The molecule has 0 unspecified atom stereocenters. The molecule has 0 aliphatic heterocycles. The van der Waals surface area contributed by atoms with Crippen molar-refractivity contribution >= 4 is 27.8 Å². The van der Waals surface area contributed by atoms with E-state index in [1.807, 2.05) is 41.1 Å². The number of nitrogens with zero attached hydrogens (tertiary/aromatic N) is 3. The van der Waals surface area contributed by atoms with Crippen LogP contribution in [-0.2, 0) is 0 Å². The van der Waals surface area contributed by atoms with Crippen LogP contribution in [0.4, 0.5) is 5.95 Å². The number of pyridine rings is 1. The predicted octanol–water partition coefficient (Wildman–Crippen LogP) is 3.46. The second kappa shape index (κ2) is 4.31. The molecule has 0 atom stereocenters. The van der Waals surface area contributed by atoms with Gasteiger partial charge in [0.05, 0.1) is 16.7 Å². The van der Waals surface area contributed by atoms with Crippen LogP contribution in [0, 0.1) is 6.92 Å². The number of aryl methyl sites for hydroxylation is 1. The maximum absolute atomic E-state index is 6.16. The Hall–Kier alpha value is -2.88. The average molecular weight is 274 g/mol. The van der Waals surface area contributed by atoms with Crippen molar-refractivity contribution in [3.63, 3.8) is 0 Å². The minimum atomic E-state index is 0.500. The SMILES string of the molecule is Cc1ccc2nc(N)n(-c3cccc4cnccc34)c2c1. The topological polar surface area (TPSA) is 56.7 Å². The van der Waals surface area contributed by atoms with Crippen molar-refractivity contribution in [2.75, 3.05) is 5.73 Å². The molecule has 0 amide bonds. The first-order chi connectivity index (χ1) is 10.2. The van der Waals surface area contributed by atoms with Crippen LogP contribution >= 0.6 is 0 Å². The van der Waals surface area contributed by atoms with Crippen molar-refractivity contribution < 1.29 is 0 Å². The van der Waals surface area contributed by atoms with Crippen LogP contribution in [0.1, 0.15) is 5.56 Å². The second-order valence-electron chi connectivity index (χ2n) is 5.17. The summed E-state index contributed by atoms with van der Waals surface area (Å²) in [6.45, 7) is 2.07. The molecule has 0 spiro atoms. The van der Waals surface area contributed by atoms with Gasteiger partial charge >= 0.3 is 0 Å². The molecule has 0 bridgehead atoms. The van der Waals surface area contributed by atoms with Gasteiger partial charge in [0.1, 0.15) is 0 Å². The quantitative estimate of drug-likeness (QED) is 0.578. The van der Waals surface area contributed by atoms with Crippen LogP contribution in [0.15, 0.2) is 54.9 Å². The normalized spacial score (nSPS) is 11.3. The Balaban J connectivity index is 2.14. The van der Waals surface area contributed by atoms with E-state index in [0.29, 0.717) is 5.95 Å². The van der Waals surface area contributed by atoms with Crippen molar-refractivity contribution in [2.45, 2.75) is 6.92 Å². The summed E-state index contributed by atoms with van der Waals surface area (Å²) in [4.78, 5) is 8.64. The fourth-order valence-electron chi connectivity index (χ4n) is 2.76. The van der Waals surface area contributed by atoms with Gasteiger partial charge in [0.25, 0.3) is 0 Å². The van der Waals surface area contributed by atoms with E-state index in [4.69, 9.17) is 5.73 Å². The molecule has 2 heterocycles. The molecule has 0 fully saturated rings. The third-order valence-corrected chi connectivity index (χ3v) is 3.73. The zero-order chi connectivity index (χ0) is 14.4. The number of nitrogen functional groups attached to an aromatic ring is 1. The van der Waals surface area contributed by atoms with Crippen LogP contribution in [-0.4, -0.2) is 14.5 Å². The minimum Gasteiger partial charge on any atom is -0.369 e. The molecule has 0 aliphatic rings. The average Bonchev–Trinajstić information content (AvgIpc) is 2.82. The number of imidazole rings is 1. The minimum absolute atomic E-state index is 0.500. The van der Waals surface area contributed by atoms with Gasteiger partial charge < -0.3 is 5.73 Å². The molecule has 0 saturated carbocycles. The zero-order valence-corrected chi connectivity index (χ0v) is 11.6. The summed E-state index contributed by atoms with van der Waals surface area (Å²) in [5.41, 5.74) is 10.3. The van der Waals surface area contributed by atoms with Crippen LogP contribution in [0.25, 0.3) is 27.5 Å². The van der Waals surface area contributed by atoms with Crippen LogP contribution < -0.4 is 5.73 Å². The van der Waals surface area contributed by atoms with Crippen LogP contribution in [0.3, 0.4) is 0 Å². The van der Waals surface area contributed by atoms with Gasteiger partial charge in [-0.3, -0.25) is 9.55 Å². The Labute approximate surface area is 121 Å². The number of hydrogen-bond donors (Lipinski definition) is 1. The van der Waals surface area contributed by atoms with E-state index < -0.39 is 0 Å². The molecule has 2 aromatic carbocycles. The zero-order valence-electron chi connectivity index (χ0n) is 11.6. The highest BCUT2D eigenvalue weighted by atomic mass is 15.2. The molecule has 2 N–H and O–H groups in total. The number of benzene rings is 2. The molecule has 2 aromatic heterocycles. The van der Waals surface area contributed by atoms with E-state index in [1.54, 1.807) is 6.20 Å². The van der Waals surface area contributed by atoms with Crippen molar-refractivity contribution in [3.05, 3.63) is 60.4 Å². The van der Waals surface area contributed by atoms with Gasteiger partial charge in [-0.15, -0.1) is 0 Å². The summed E-state index contributed by atoms with van der Waals surface area (Å²) in [6.07, 6.45) is 3.66. The predicted molar refractivity (Wildman–Crippen MR) is 85.5 cm³/mol. The molecular formula is C17H14N4. The highest BCUT2D eigenvalue weighted by molar-refractivity contribution is 5.93. The van der Waals surface area contributed by atoms with Gasteiger partial charge in [-0.2, -0.15) is 0 Å². The summed E-state index contributed by atoms with van der Waals surface area (Å²) >= 11 is 0. The smallest absolute Gasteiger partial charge is 0.205 e. The first-order valence-corrected chi connectivity index (χ1v) is 6.82. The number of rotatable bonds is 1. The van der Waals surface area contributed by atoms with Crippen molar-refractivity contribution in [2.24, 2.45) is 0 Å². The molecule has 0 aliphatic carbocycles. The summed E-state index contributed by atoms with van der Waals surface area (Å²) in [5.74, 6) is 0.500. The van der Waals surface area contributed by atoms with Gasteiger partial charge in [0.15, 0.2) is 0 Å². The first kappa shape index (κ1) is 11.9. The number of aromatic nitrogens is 3. The second-order valence-corrected chi connectivity index (χ2v) is 5.17. The lowest BCUT2D eigenvalue weighted by molar-refractivity contribution is 1.12. The number of nitrogens with two attached hydrogens (primary N) is 1. The molecule has 21 heavy (non-hydrogen) atoms. The van der Waals surface area contributed by atoms with E-state index in [9.17, 15) is 0 Å². The number of hydrogen-bond acceptors (Lipinski definition) is 3. The lowest BCUT2D eigenvalue weighted by atomic mass is 10.1. The maximum Gasteiger partial charge on any atom is 0.205 e. The third-order valence-electron chi connectivity index (χ3n) is 3.73. The Morgan fingerprint density at radius 2 is 2.00 bits per heavy atom. The highest BCUT2D eigenvalue weighted by Crippen LogP contribution is 2.28. The lowest BCUT2D eigenvalue weighted by Gasteiger charge is -2.10. The summed E-state index contributed by atoms with van der Waals surface area (Å²) in [6, 6.07) is 14.3. The Kier molecular flexibility index (Phi) is 2.44. The Morgan fingerprint density at radius 3 is 2.90 bits per heavy atom. The lowest BCUT2D eigenvalue weighted by Crippen LogP contribution is -2.01. The Bertz CT molecular complexity index is 964. The molecule has 4 aromatic rings. The molecule has 0 radical (unpaired) electrons. The van der Waals surface area contributed by atoms with Gasteiger partial charge in [0.2, 0.25) is 5.95 Å². The Morgan fingerprint density at radius 1 is 1.10 bits per heavy atom. The molecule has 0 saturated heterocycles. The number of anilines is 1. The standard InChI is InChI=1S/C17H14N4/c1-11-5-6-14-16(9-11)21(17(18)20-14)15-4-2-3-12-10-19-8-7-13(12)15/h2-10H,1H3,(H2,18,20). The van der Waals surface area contributed by atoms with Crippen molar-refractivity contribution in [1.82, 2.24) is 14.5 Å². The van der Waals surface area contributed by atoms with Gasteiger partial charge in [-0.05, 0) is 36.8 Å². The first-order valence-electron chi connectivity index (χ1n) is 6.82. The van der Waals surface area contributed by atoms with E-state index >= 15 is 0 Å². The monoisotopic (exact) mass is 274 g/mol. The molecular weight excluding hydrogens is 260 g/mol. The van der Waals surface area contributed by atoms with Gasteiger partial charge in [0, 0.05) is 23.2 Å². The molecule has 102 valence electrons. The summed E-state index contributed by atoms with van der Waals surface area (Å²) < 4.78 is 2.00. The van der Waals surface area contributed by atoms with Crippen molar-refractivity contribution in [3.8, 4) is 5.69 Å². The summed E-state index contributed by atoms with van der Waals surface area (Å²) in [5, 5.41) is 2.20. The molecule has 4 nitrogen and oxygen atoms in total. The van der Waals surface area contributed by atoms with Crippen molar-refractivity contribution in [1.29, 1.82) is 0 Å². The fourth-order valence-corrected chi connectivity index (χ4v) is 2.76. The largest absolute Gasteiger partial charge is 0.369 e. The third kappa shape index (κ3) is 1.76. The maximum atomic E-state index is 6.16. The molecule has 4 rings (SSSR count). The van der Waals surface area contributed by atoms with Crippen LogP contribution in [0.5, 0.6) is 0 Å².